The lowest BCUT2D eigenvalue weighted by atomic mass is 10.1. The number of anilines is 1. The van der Waals surface area contributed by atoms with E-state index in [1.165, 1.54) is 51.2 Å². The van der Waals surface area contributed by atoms with Gasteiger partial charge < -0.3 is 19.7 Å². The average Bonchev–Trinajstić information content (AvgIpc) is 3.28. The van der Waals surface area contributed by atoms with Gasteiger partial charge in [-0.15, -0.1) is 0 Å². The van der Waals surface area contributed by atoms with Crippen LogP contribution in [0.3, 0.4) is 0 Å². The molecule has 0 radical (unpaired) electrons. The third-order valence-electron chi connectivity index (χ3n) is 5.34. The first-order valence-corrected chi connectivity index (χ1v) is 11.9. The van der Waals surface area contributed by atoms with E-state index in [0.717, 1.165) is 9.21 Å². The topological polar surface area (TPSA) is 105 Å². The molecule has 1 unspecified atom stereocenters. The van der Waals surface area contributed by atoms with E-state index in [1.807, 2.05) is 0 Å². The lowest BCUT2D eigenvalue weighted by Crippen LogP contribution is -2.51. The Morgan fingerprint density at radius 3 is 2.52 bits per heavy atom. The number of halogens is 1. The Morgan fingerprint density at radius 2 is 1.85 bits per heavy atom. The normalized spacial score (nSPS) is 13.3. The quantitative estimate of drug-likeness (QED) is 0.589. The van der Waals surface area contributed by atoms with Gasteiger partial charge in [0.25, 0.3) is 0 Å². The largest absolute Gasteiger partial charge is 0.454 e. The minimum Gasteiger partial charge on any atom is -0.454 e. The molecular weight excluding hydrogens is 453 g/mol. The molecule has 33 heavy (non-hydrogen) atoms. The van der Waals surface area contributed by atoms with Crippen molar-refractivity contribution in [3.05, 3.63) is 53.8 Å². The number of nitrogens with zero attached hydrogens (tertiary/aromatic N) is 2. The first kappa shape index (κ1) is 24.3. The number of rotatable bonds is 9. The number of ether oxygens (including phenoxy) is 2. The smallest absolute Gasteiger partial charge is 0.244 e. The molecule has 0 saturated heterocycles. The van der Waals surface area contributed by atoms with Crippen LogP contribution in [0.2, 0.25) is 0 Å². The minimum atomic E-state index is -3.88. The van der Waals surface area contributed by atoms with Crippen LogP contribution in [-0.2, 0) is 26.2 Å². The molecule has 0 spiro atoms. The van der Waals surface area contributed by atoms with Crippen molar-refractivity contribution in [1.29, 1.82) is 0 Å². The van der Waals surface area contributed by atoms with E-state index in [0.29, 0.717) is 11.5 Å². The molecule has 0 saturated carbocycles. The number of amides is 2. The molecule has 0 fully saturated rings. The van der Waals surface area contributed by atoms with Gasteiger partial charge in [-0.1, -0.05) is 18.2 Å². The van der Waals surface area contributed by atoms with E-state index in [1.54, 1.807) is 12.1 Å². The average molecular weight is 480 g/mol. The zero-order valence-electron chi connectivity index (χ0n) is 18.6. The van der Waals surface area contributed by atoms with Crippen LogP contribution in [0.4, 0.5) is 10.1 Å². The first-order chi connectivity index (χ1) is 15.7. The predicted octanol–water partition coefficient (Wildman–Crippen LogP) is 1.87. The van der Waals surface area contributed by atoms with Crippen LogP contribution in [0.5, 0.6) is 11.5 Å². The lowest BCUT2D eigenvalue weighted by molar-refractivity contribution is -0.139. The summed E-state index contributed by atoms with van der Waals surface area (Å²) in [5.74, 6) is -1.09. The van der Waals surface area contributed by atoms with Gasteiger partial charge in [0.1, 0.15) is 18.4 Å². The first-order valence-electron chi connectivity index (χ1n) is 10.3. The monoisotopic (exact) mass is 479 g/mol. The van der Waals surface area contributed by atoms with Gasteiger partial charge in [0, 0.05) is 25.2 Å². The number of benzene rings is 2. The van der Waals surface area contributed by atoms with Crippen LogP contribution in [0.15, 0.2) is 42.5 Å². The van der Waals surface area contributed by atoms with E-state index in [4.69, 9.17) is 9.47 Å². The Balaban J connectivity index is 1.95. The van der Waals surface area contributed by atoms with Gasteiger partial charge in [-0.2, -0.15) is 0 Å². The zero-order chi connectivity index (χ0) is 24.2. The SMILES string of the molecule is CCS(=O)(=O)N(CC(=O)N(Cc1ccccc1F)C(C)C(=O)NC)c1ccc2c(c1)OCO2. The van der Waals surface area contributed by atoms with Crippen LogP contribution in [-0.4, -0.2) is 57.3 Å². The van der Waals surface area contributed by atoms with Gasteiger partial charge in [-0.25, -0.2) is 12.8 Å². The summed E-state index contributed by atoms with van der Waals surface area (Å²) in [6.07, 6.45) is 0. The van der Waals surface area contributed by atoms with E-state index in [2.05, 4.69) is 5.32 Å². The van der Waals surface area contributed by atoms with Crippen molar-refractivity contribution >= 4 is 27.5 Å². The number of sulfonamides is 1. The van der Waals surface area contributed by atoms with Crippen LogP contribution < -0.4 is 19.1 Å². The lowest BCUT2D eigenvalue weighted by Gasteiger charge is -2.31. The molecule has 1 atom stereocenters. The summed E-state index contributed by atoms with van der Waals surface area (Å²) < 4.78 is 51.6. The third-order valence-corrected chi connectivity index (χ3v) is 7.08. The highest BCUT2D eigenvalue weighted by atomic mass is 32.2. The fourth-order valence-corrected chi connectivity index (χ4v) is 4.42. The highest BCUT2D eigenvalue weighted by Crippen LogP contribution is 2.36. The number of carbonyl (C=O) groups is 2. The molecule has 3 rings (SSSR count). The van der Waals surface area contributed by atoms with Crippen molar-refractivity contribution < 1.29 is 31.9 Å². The number of hydrogen-bond donors (Lipinski definition) is 1. The van der Waals surface area contributed by atoms with Gasteiger partial charge in [-0.05, 0) is 32.0 Å². The molecule has 0 aliphatic carbocycles. The summed E-state index contributed by atoms with van der Waals surface area (Å²) in [5.41, 5.74) is 0.419. The zero-order valence-corrected chi connectivity index (χ0v) is 19.4. The highest BCUT2D eigenvalue weighted by molar-refractivity contribution is 7.92. The molecule has 11 heteroatoms. The Kier molecular flexibility index (Phi) is 7.42. The van der Waals surface area contributed by atoms with Crippen molar-refractivity contribution in [2.45, 2.75) is 26.4 Å². The van der Waals surface area contributed by atoms with Crippen LogP contribution in [0, 0.1) is 5.82 Å². The predicted molar refractivity (Wildman–Crippen MR) is 120 cm³/mol. The summed E-state index contributed by atoms with van der Waals surface area (Å²) in [7, 11) is -2.46. The maximum absolute atomic E-state index is 14.3. The minimum absolute atomic E-state index is 0.0122. The molecule has 1 aliphatic heterocycles. The molecule has 2 aromatic rings. The van der Waals surface area contributed by atoms with Crippen molar-refractivity contribution in [3.8, 4) is 11.5 Å². The van der Waals surface area contributed by atoms with E-state index in [-0.39, 0.29) is 30.3 Å². The summed E-state index contributed by atoms with van der Waals surface area (Å²) in [6, 6.07) is 9.47. The molecule has 1 N–H and O–H groups in total. The second-order valence-corrected chi connectivity index (χ2v) is 9.53. The second kappa shape index (κ2) is 10.1. The summed E-state index contributed by atoms with van der Waals surface area (Å²) in [5, 5.41) is 2.47. The standard InChI is InChI=1S/C22H26FN3O6S/c1-4-33(29,30)26(17-9-10-19-20(11-17)32-14-31-19)13-21(27)25(15(2)22(28)24-3)12-16-7-5-6-8-18(16)23/h5-11,15H,4,12-14H2,1-3H3,(H,24,28). The number of fused-ring (bicyclic) bond motifs is 1. The number of likely N-dealkylation sites (N-methyl/N-ethyl adjacent to an activating group) is 1. The van der Waals surface area contributed by atoms with E-state index in [9.17, 15) is 22.4 Å². The number of hydrogen-bond acceptors (Lipinski definition) is 6. The van der Waals surface area contributed by atoms with E-state index >= 15 is 0 Å². The Bertz CT molecular complexity index is 1140. The van der Waals surface area contributed by atoms with Gasteiger partial charge in [-0.3, -0.25) is 13.9 Å². The highest BCUT2D eigenvalue weighted by Gasteiger charge is 2.31. The van der Waals surface area contributed by atoms with Gasteiger partial charge in [0.2, 0.25) is 28.6 Å². The molecule has 1 heterocycles. The van der Waals surface area contributed by atoms with Gasteiger partial charge >= 0.3 is 0 Å². The fraction of sp³-hybridized carbons (Fsp3) is 0.364. The van der Waals surface area contributed by atoms with Crippen molar-refractivity contribution in [1.82, 2.24) is 10.2 Å². The molecule has 2 aromatic carbocycles. The molecule has 2 amide bonds. The number of nitrogens with one attached hydrogen (secondary N) is 1. The summed E-state index contributed by atoms with van der Waals surface area (Å²) in [6.45, 7) is 2.19. The Morgan fingerprint density at radius 1 is 1.15 bits per heavy atom. The van der Waals surface area contributed by atoms with Crippen molar-refractivity contribution in [2.24, 2.45) is 0 Å². The number of carbonyl (C=O) groups excluding carboxylic acids is 2. The molecule has 0 bridgehead atoms. The summed E-state index contributed by atoms with van der Waals surface area (Å²) >= 11 is 0. The molecule has 9 nitrogen and oxygen atoms in total. The van der Waals surface area contributed by atoms with Crippen LogP contribution >= 0.6 is 0 Å². The Hall–Kier alpha value is -3.34. The van der Waals surface area contributed by atoms with Crippen molar-refractivity contribution in [3.63, 3.8) is 0 Å². The van der Waals surface area contributed by atoms with Gasteiger partial charge in [0.15, 0.2) is 11.5 Å². The molecular formula is C22H26FN3O6S. The Labute approximate surface area is 192 Å². The van der Waals surface area contributed by atoms with Crippen molar-refractivity contribution in [2.75, 3.05) is 30.4 Å². The second-order valence-electron chi connectivity index (χ2n) is 7.35. The van der Waals surface area contributed by atoms with E-state index < -0.39 is 40.2 Å². The molecule has 1 aliphatic rings. The fourth-order valence-electron chi connectivity index (χ4n) is 3.36. The maximum atomic E-state index is 14.3. The van der Waals surface area contributed by atoms with Gasteiger partial charge in [0.05, 0.1) is 11.4 Å². The maximum Gasteiger partial charge on any atom is 0.244 e. The van der Waals surface area contributed by atoms with Crippen LogP contribution in [0.25, 0.3) is 0 Å². The summed E-state index contributed by atoms with van der Waals surface area (Å²) in [4.78, 5) is 26.8. The molecule has 178 valence electrons. The molecule has 0 aromatic heterocycles. The van der Waals surface area contributed by atoms with Crippen LogP contribution in [0.1, 0.15) is 19.4 Å². The third kappa shape index (κ3) is 5.36.